The molecule has 0 bridgehead atoms. The maximum Gasteiger partial charge on any atom is 0.509 e. The highest BCUT2D eigenvalue weighted by Crippen LogP contribution is 2.45. The number of rotatable bonds is 1. The number of carbonyl (C=O) groups excluding carboxylic acids is 1. The number of anilines is 1. The monoisotopic (exact) mass is 269 g/mol. The fourth-order valence-corrected chi connectivity index (χ4v) is 2.30. The fourth-order valence-electron chi connectivity index (χ4n) is 2.30. The third kappa shape index (κ3) is 1.59. The highest BCUT2D eigenvalue weighted by Gasteiger charge is 2.64. The molecule has 1 aromatic rings. The van der Waals surface area contributed by atoms with Crippen LogP contribution in [0.2, 0.25) is 0 Å². The highest BCUT2D eigenvalue weighted by molar-refractivity contribution is 5.64. The van der Waals surface area contributed by atoms with Crippen LogP contribution in [0.25, 0.3) is 0 Å². The maximum atomic E-state index is 11.8. The van der Waals surface area contributed by atoms with Crippen LogP contribution in [0.5, 0.6) is 0 Å². The van der Waals surface area contributed by atoms with Gasteiger partial charge in [-0.2, -0.15) is 4.98 Å². The van der Waals surface area contributed by atoms with Crippen LogP contribution in [-0.4, -0.2) is 38.8 Å². The quantitative estimate of drug-likeness (QED) is 0.619. The average molecular weight is 269 g/mol. The van der Waals surface area contributed by atoms with Crippen molar-refractivity contribution in [3.05, 3.63) is 22.7 Å². The second-order valence-electron chi connectivity index (χ2n) is 4.50. The molecule has 1 unspecified atom stereocenters. The van der Waals surface area contributed by atoms with Gasteiger partial charge in [0, 0.05) is 6.20 Å². The average Bonchev–Trinajstić information content (AvgIpc) is 2.73. The molecule has 3 rings (SSSR count). The Morgan fingerprint density at radius 2 is 2.26 bits per heavy atom. The summed E-state index contributed by atoms with van der Waals surface area (Å²) in [6.07, 6.45) is -3.00. The van der Waals surface area contributed by atoms with Gasteiger partial charge in [0.1, 0.15) is 5.82 Å². The molecule has 19 heavy (non-hydrogen) atoms. The van der Waals surface area contributed by atoms with E-state index in [-0.39, 0.29) is 5.82 Å². The molecular weight excluding hydrogens is 258 g/mol. The molecule has 2 saturated heterocycles. The molecule has 4 atom stereocenters. The van der Waals surface area contributed by atoms with Crippen molar-refractivity contribution in [2.75, 3.05) is 5.73 Å². The molecule has 0 radical (unpaired) electrons. The summed E-state index contributed by atoms with van der Waals surface area (Å²) >= 11 is 0. The second-order valence-corrected chi connectivity index (χ2v) is 4.50. The number of aliphatic hydroxyl groups is 1. The minimum atomic E-state index is -1.38. The first-order valence-corrected chi connectivity index (χ1v) is 5.49. The summed E-state index contributed by atoms with van der Waals surface area (Å²) in [5, 5.41) is 9.72. The van der Waals surface area contributed by atoms with E-state index in [9.17, 15) is 14.7 Å². The fraction of sp³-hybridized carbons (Fsp3) is 0.500. The standard InChI is InChI=1S/C10H11N3O6/c1-10-5(17-9(16)19-10)6(14)18-7(10)13-3-2-4(11)12-8(13)15/h2-3,5-7,14H,1H3,(H2,11,12,15)/t5-,6?,7-,10-/m1/s1. The van der Waals surface area contributed by atoms with Crippen LogP contribution in [0.1, 0.15) is 13.2 Å². The molecule has 2 fully saturated rings. The van der Waals surface area contributed by atoms with Gasteiger partial charge in [-0.05, 0) is 13.0 Å². The SMILES string of the molecule is C[C@@]12OC(=O)O[C@@H]1C(O)O[C@H]2n1ccc(N)nc1=O. The number of ether oxygens (including phenoxy) is 3. The first kappa shape index (κ1) is 11.9. The minimum Gasteiger partial charge on any atom is -0.421 e. The Labute approximate surface area is 106 Å². The predicted molar refractivity (Wildman–Crippen MR) is 58.8 cm³/mol. The van der Waals surface area contributed by atoms with E-state index in [4.69, 9.17) is 19.9 Å². The van der Waals surface area contributed by atoms with Gasteiger partial charge in [0.25, 0.3) is 0 Å². The van der Waals surface area contributed by atoms with Crippen molar-refractivity contribution in [1.29, 1.82) is 0 Å². The van der Waals surface area contributed by atoms with Gasteiger partial charge in [-0.15, -0.1) is 0 Å². The summed E-state index contributed by atoms with van der Waals surface area (Å²) in [5.41, 5.74) is 3.40. The molecule has 0 saturated carbocycles. The molecule has 9 nitrogen and oxygen atoms in total. The summed E-state index contributed by atoms with van der Waals surface area (Å²) in [5.74, 6) is 0.0566. The van der Waals surface area contributed by atoms with Gasteiger partial charge in [0.05, 0.1) is 0 Å². The van der Waals surface area contributed by atoms with E-state index in [1.807, 2.05) is 0 Å². The topological polar surface area (TPSA) is 126 Å². The minimum absolute atomic E-state index is 0.0566. The van der Waals surface area contributed by atoms with Crippen LogP contribution in [0.3, 0.4) is 0 Å². The molecule has 0 amide bonds. The van der Waals surface area contributed by atoms with Crippen molar-refractivity contribution in [2.45, 2.75) is 31.1 Å². The Morgan fingerprint density at radius 3 is 2.95 bits per heavy atom. The van der Waals surface area contributed by atoms with Crippen molar-refractivity contribution < 1.29 is 24.1 Å². The highest BCUT2D eigenvalue weighted by atomic mass is 16.8. The molecule has 2 aliphatic heterocycles. The first-order valence-electron chi connectivity index (χ1n) is 5.49. The Morgan fingerprint density at radius 1 is 1.53 bits per heavy atom. The number of carbonyl (C=O) groups is 1. The van der Waals surface area contributed by atoms with E-state index in [1.54, 1.807) is 0 Å². The number of nitrogens with zero attached hydrogens (tertiary/aromatic N) is 2. The van der Waals surface area contributed by atoms with E-state index in [0.717, 1.165) is 4.57 Å². The Hall–Kier alpha value is -2.13. The normalized spacial score (nSPS) is 36.7. The van der Waals surface area contributed by atoms with Gasteiger partial charge >= 0.3 is 11.8 Å². The number of aromatic nitrogens is 2. The van der Waals surface area contributed by atoms with Gasteiger partial charge in [-0.1, -0.05) is 0 Å². The van der Waals surface area contributed by atoms with E-state index in [0.29, 0.717) is 0 Å². The summed E-state index contributed by atoms with van der Waals surface area (Å²) in [4.78, 5) is 26.5. The van der Waals surface area contributed by atoms with Crippen LogP contribution in [0.15, 0.2) is 17.1 Å². The van der Waals surface area contributed by atoms with Crippen LogP contribution >= 0.6 is 0 Å². The molecule has 1 aromatic heterocycles. The van der Waals surface area contributed by atoms with Gasteiger partial charge in [0.15, 0.2) is 24.2 Å². The molecule has 0 aromatic carbocycles. The van der Waals surface area contributed by atoms with Crippen molar-refractivity contribution in [2.24, 2.45) is 0 Å². The predicted octanol–water partition coefficient (Wildman–Crippen LogP) is -1.03. The second kappa shape index (κ2) is 3.68. The smallest absolute Gasteiger partial charge is 0.421 e. The van der Waals surface area contributed by atoms with Gasteiger partial charge in [0.2, 0.25) is 0 Å². The van der Waals surface area contributed by atoms with Crippen molar-refractivity contribution in [1.82, 2.24) is 9.55 Å². The lowest BCUT2D eigenvalue weighted by molar-refractivity contribution is -0.156. The largest absolute Gasteiger partial charge is 0.509 e. The first-order chi connectivity index (χ1) is 8.91. The summed E-state index contributed by atoms with van der Waals surface area (Å²) < 4.78 is 16.2. The number of hydrogen-bond donors (Lipinski definition) is 2. The number of hydrogen-bond acceptors (Lipinski definition) is 8. The Balaban J connectivity index is 2.06. The van der Waals surface area contributed by atoms with Crippen LogP contribution < -0.4 is 11.4 Å². The van der Waals surface area contributed by atoms with E-state index < -0.39 is 36.1 Å². The lowest BCUT2D eigenvalue weighted by Gasteiger charge is -2.25. The lowest BCUT2D eigenvalue weighted by Crippen LogP contribution is -2.44. The van der Waals surface area contributed by atoms with E-state index in [2.05, 4.69) is 4.98 Å². The molecule has 0 spiro atoms. The zero-order valence-corrected chi connectivity index (χ0v) is 9.85. The maximum absolute atomic E-state index is 11.8. The zero-order valence-electron chi connectivity index (χ0n) is 9.85. The van der Waals surface area contributed by atoms with E-state index in [1.165, 1.54) is 19.2 Å². The molecule has 3 heterocycles. The summed E-state index contributed by atoms with van der Waals surface area (Å²) in [6, 6.07) is 1.39. The number of aliphatic hydroxyl groups excluding tert-OH is 1. The summed E-state index contributed by atoms with van der Waals surface area (Å²) in [6.45, 7) is 1.51. The Kier molecular flexibility index (Phi) is 2.31. The molecule has 2 aliphatic rings. The molecule has 0 aliphatic carbocycles. The molecular formula is C10H11N3O6. The van der Waals surface area contributed by atoms with Gasteiger partial charge in [-0.25, -0.2) is 9.59 Å². The van der Waals surface area contributed by atoms with Gasteiger partial charge in [-0.3, -0.25) is 4.57 Å². The third-order valence-corrected chi connectivity index (χ3v) is 3.21. The van der Waals surface area contributed by atoms with Crippen LogP contribution in [0, 0.1) is 0 Å². The number of nitrogens with two attached hydrogens (primary N) is 1. The molecule has 3 N–H and O–H groups in total. The third-order valence-electron chi connectivity index (χ3n) is 3.21. The summed E-state index contributed by atoms with van der Waals surface area (Å²) in [7, 11) is 0. The van der Waals surface area contributed by atoms with E-state index >= 15 is 0 Å². The number of nitrogen functional groups attached to an aromatic ring is 1. The van der Waals surface area contributed by atoms with Crippen molar-refractivity contribution in [3.8, 4) is 0 Å². The van der Waals surface area contributed by atoms with Crippen LogP contribution in [-0.2, 0) is 14.2 Å². The lowest BCUT2D eigenvalue weighted by atomic mass is 9.99. The zero-order chi connectivity index (χ0) is 13.8. The molecule has 9 heteroatoms. The van der Waals surface area contributed by atoms with Crippen molar-refractivity contribution >= 4 is 12.0 Å². The van der Waals surface area contributed by atoms with Gasteiger partial charge < -0.3 is 25.1 Å². The van der Waals surface area contributed by atoms with Crippen molar-refractivity contribution in [3.63, 3.8) is 0 Å². The van der Waals surface area contributed by atoms with Crippen LogP contribution in [0.4, 0.5) is 10.6 Å². The Bertz CT molecular complexity index is 601. The number of fused-ring (bicyclic) bond motifs is 1. The molecule has 102 valence electrons.